The van der Waals surface area contributed by atoms with Crippen molar-refractivity contribution in [2.24, 2.45) is 0 Å². The van der Waals surface area contributed by atoms with Crippen LogP contribution < -0.4 is 10.4 Å². The molecule has 1 saturated heterocycles. The molecule has 0 amide bonds. The van der Waals surface area contributed by atoms with Crippen molar-refractivity contribution in [3.8, 4) is 0 Å². The average Bonchev–Trinajstić information content (AvgIpc) is 2.91. The van der Waals surface area contributed by atoms with Crippen LogP contribution in [-0.4, -0.2) is 32.9 Å². The number of carbonyl (C=O) groups is 1. The van der Waals surface area contributed by atoms with Crippen molar-refractivity contribution < 1.29 is 22.7 Å². The summed E-state index contributed by atoms with van der Waals surface area (Å²) < 4.78 is 38.4. The van der Waals surface area contributed by atoms with Crippen molar-refractivity contribution in [2.75, 3.05) is 6.61 Å². The lowest BCUT2D eigenvalue weighted by Gasteiger charge is -2.43. The smallest absolute Gasteiger partial charge is 0.377 e. The van der Waals surface area contributed by atoms with Gasteiger partial charge >= 0.3 is 11.9 Å². The molecule has 0 aliphatic carbocycles. The topological polar surface area (TPSA) is 35.5 Å². The lowest BCUT2D eigenvalue weighted by molar-refractivity contribution is -0.159. The fourth-order valence-corrected chi connectivity index (χ4v) is 8.49. The first-order valence-electron chi connectivity index (χ1n) is 9.51. The molecule has 2 aromatic carbocycles. The standard InChI is InChI=1S/C22H26F2O3Si/c1-21(2,3)28(18-10-6-4-7-11-18,19-12-8-5-9-13-19)26-15-14-17-16-22(23,24)20(25)27-17/h4-13,17H,14-16H2,1-3H3. The fourth-order valence-electron chi connectivity index (χ4n) is 3.91. The van der Waals surface area contributed by atoms with Crippen LogP contribution in [-0.2, 0) is 14.0 Å². The van der Waals surface area contributed by atoms with E-state index >= 15 is 0 Å². The van der Waals surface area contributed by atoms with Crippen LogP contribution in [0.15, 0.2) is 60.7 Å². The minimum Gasteiger partial charge on any atom is -0.458 e. The number of rotatable bonds is 6. The average molecular weight is 405 g/mol. The predicted molar refractivity (Wildman–Crippen MR) is 108 cm³/mol. The third kappa shape index (κ3) is 3.89. The molecular weight excluding hydrogens is 378 g/mol. The number of esters is 1. The molecule has 0 saturated carbocycles. The van der Waals surface area contributed by atoms with E-state index in [9.17, 15) is 13.6 Å². The first-order chi connectivity index (χ1) is 13.2. The number of alkyl halides is 2. The second-order valence-electron chi connectivity index (χ2n) is 8.24. The van der Waals surface area contributed by atoms with Crippen LogP contribution >= 0.6 is 0 Å². The molecule has 6 heteroatoms. The lowest BCUT2D eigenvalue weighted by Crippen LogP contribution is -2.66. The number of halogens is 2. The highest BCUT2D eigenvalue weighted by Gasteiger charge is 2.52. The molecular formula is C22H26F2O3Si. The van der Waals surface area contributed by atoms with Gasteiger partial charge in [0.05, 0.1) is 6.42 Å². The second-order valence-corrected chi connectivity index (χ2v) is 12.5. The highest BCUT2D eigenvalue weighted by molar-refractivity contribution is 6.99. The van der Waals surface area contributed by atoms with Crippen LogP contribution in [0, 0.1) is 0 Å². The van der Waals surface area contributed by atoms with Crippen molar-refractivity contribution >= 4 is 24.7 Å². The molecule has 1 atom stereocenters. The Hall–Kier alpha value is -2.05. The van der Waals surface area contributed by atoms with Gasteiger partial charge in [0.25, 0.3) is 8.32 Å². The molecule has 0 aromatic heterocycles. The summed E-state index contributed by atoms with van der Waals surface area (Å²) in [6.45, 7) is 6.72. The van der Waals surface area contributed by atoms with Crippen LogP contribution in [0.2, 0.25) is 5.04 Å². The first kappa shape index (κ1) is 20.7. The molecule has 0 N–H and O–H groups in total. The van der Waals surface area contributed by atoms with Gasteiger partial charge in [-0.2, -0.15) is 8.78 Å². The van der Waals surface area contributed by atoms with Crippen molar-refractivity contribution in [1.82, 2.24) is 0 Å². The second kappa shape index (κ2) is 7.76. The highest BCUT2D eigenvalue weighted by Crippen LogP contribution is 2.37. The van der Waals surface area contributed by atoms with Gasteiger partial charge in [0, 0.05) is 13.0 Å². The molecule has 0 radical (unpaired) electrons. The number of ether oxygens (including phenoxy) is 1. The minimum absolute atomic E-state index is 0.188. The van der Waals surface area contributed by atoms with Crippen molar-refractivity contribution in [2.45, 2.75) is 50.7 Å². The van der Waals surface area contributed by atoms with Gasteiger partial charge in [-0.3, -0.25) is 0 Å². The Bertz CT molecular complexity index is 764. The Kier molecular flexibility index (Phi) is 5.73. The van der Waals surface area contributed by atoms with E-state index in [0.29, 0.717) is 0 Å². The molecule has 150 valence electrons. The Balaban J connectivity index is 1.90. The van der Waals surface area contributed by atoms with Gasteiger partial charge in [-0.05, 0) is 15.4 Å². The van der Waals surface area contributed by atoms with Crippen LogP contribution in [0.1, 0.15) is 33.6 Å². The van der Waals surface area contributed by atoms with E-state index in [2.05, 4.69) is 45.0 Å². The van der Waals surface area contributed by atoms with Gasteiger partial charge in [-0.1, -0.05) is 81.4 Å². The highest BCUT2D eigenvalue weighted by atomic mass is 28.4. The van der Waals surface area contributed by atoms with E-state index in [1.54, 1.807) is 0 Å². The van der Waals surface area contributed by atoms with Gasteiger partial charge in [0.1, 0.15) is 6.10 Å². The molecule has 1 heterocycles. The van der Waals surface area contributed by atoms with E-state index in [0.717, 1.165) is 10.4 Å². The molecule has 0 bridgehead atoms. The van der Waals surface area contributed by atoms with Crippen molar-refractivity contribution in [1.29, 1.82) is 0 Å². The number of cyclic esters (lactones) is 1. The number of hydrogen-bond acceptors (Lipinski definition) is 3. The summed E-state index contributed by atoms with van der Waals surface area (Å²) in [5.41, 5.74) is 0. The third-order valence-corrected chi connectivity index (χ3v) is 10.3. The predicted octanol–water partition coefficient (Wildman–Crippen LogP) is 3.90. The van der Waals surface area contributed by atoms with Crippen LogP contribution in [0.3, 0.4) is 0 Å². The van der Waals surface area contributed by atoms with E-state index in [1.807, 2.05) is 36.4 Å². The lowest BCUT2D eigenvalue weighted by atomic mass is 10.1. The summed E-state index contributed by atoms with van der Waals surface area (Å²) in [6.07, 6.45) is -1.12. The molecule has 1 fully saturated rings. The Morgan fingerprint density at radius 3 is 1.93 bits per heavy atom. The van der Waals surface area contributed by atoms with Crippen LogP contribution in [0.4, 0.5) is 8.78 Å². The summed E-state index contributed by atoms with van der Waals surface area (Å²) in [5, 5.41) is 2.07. The zero-order valence-electron chi connectivity index (χ0n) is 16.5. The van der Waals surface area contributed by atoms with Crippen molar-refractivity contribution in [3.63, 3.8) is 0 Å². The SMILES string of the molecule is CC(C)(C)[Si](OCCC1CC(F)(F)C(=O)O1)(c1ccccc1)c1ccccc1. The van der Waals surface area contributed by atoms with Gasteiger partial charge in [0.2, 0.25) is 0 Å². The van der Waals surface area contributed by atoms with Gasteiger partial charge in [-0.25, -0.2) is 4.79 Å². The van der Waals surface area contributed by atoms with Crippen LogP contribution in [0.5, 0.6) is 0 Å². The molecule has 1 unspecified atom stereocenters. The van der Waals surface area contributed by atoms with E-state index in [-0.39, 0.29) is 18.1 Å². The molecule has 3 nitrogen and oxygen atoms in total. The summed E-state index contributed by atoms with van der Waals surface area (Å²) in [7, 11) is -2.70. The van der Waals surface area contributed by atoms with E-state index in [1.165, 1.54) is 0 Å². The summed E-state index contributed by atoms with van der Waals surface area (Å²) in [6, 6.07) is 20.2. The maximum Gasteiger partial charge on any atom is 0.377 e. The fraction of sp³-hybridized carbons (Fsp3) is 0.409. The zero-order chi connectivity index (χ0) is 20.4. The monoisotopic (exact) mass is 404 g/mol. The minimum atomic E-state index is -3.39. The van der Waals surface area contributed by atoms with E-state index < -0.39 is 32.7 Å². The largest absolute Gasteiger partial charge is 0.458 e. The molecule has 1 aliphatic heterocycles. The maximum absolute atomic E-state index is 13.5. The van der Waals surface area contributed by atoms with Gasteiger partial charge in [0.15, 0.2) is 0 Å². The van der Waals surface area contributed by atoms with E-state index in [4.69, 9.17) is 9.16 Å². The normalized spacial score (nSPS) is 19.5. The Labute approximate surface area is 165 Å². The quantitative estimate of drug-likeness (QED) is 0.541. The molecule has 3 rings (SSSR count). The summed E-state index contributed by atoms with van der Waals surface area (Å²) in [4.78, 5) is 11.3. The summed E-state index contributed by atoms with van der Waals surface area (Å²) in [5.74, 6) is -4.81. The molecule has 2 aromatic rings. The molecule has 1 aliphatic rings. The van der Waals surface area contributed by atoms with Gasteiger partial charge in [-0.15, -0.1) is 0 Å². The van der Waals surface area contributed by atoms with Gasteiger partial charge < -0.3 is 9.16 Å². The number of hydrogen-bond donors (Lipinski definition) is 0. The molecule has 0 spiro atoms. The maximum atomic E-state index is 13.5. The number of benzene rings is 2. The molecule has 28 heavy (non-hydrogen) atoms. The third-order valence-electron chi connectivity index (χ3n) is 5.23. The Morgan fingerprint density at radius 1 is 1.04 bits per heavy atom. The Morgan fingerprint density at radius 2 is 1.54 bits per heavy atom. The zero-order valence-corrected chi connectivity index (χ0v) is 17.5. The summed E-state index contributed by atoms with van der Waals surface area (Å²) >= 11 is 0. The first-order valence-corrected chi connectivity index (χ1v) is 11.4. The van der Waals surface area contributed by atoms with Crippen molar-refractivity contribution in [3.05, 3.63) is 60.7 Å². The number of carbonyl (C=O) groups excluding carboxylic acids is 1. The van der Waals surface area contributed by atoms with Crippen LogP contribution in [0.25, 0.3) is 0 Å².